The molecule has 2 heterocycles. The Balaban J connectivity index is 1.52. The number of hydrogen-bond donors (Lipinski definition) is 1. The van der Waals surface area contributed by atoms with E-state index in [4.69, 9.17) is 0 Å². The Hall–Kier alpha value is -4.06. The minimum atomic E-state index is -0.346. The highest BCUT2D eigenvalue weighted by atomic mass is 16.2. The van der Waals surface area contributed by atoms with E-state index >= 15 is 0 Å². The lowest BCUT2D eigenvalue weighted by Gasteiger charge is -2.17. The van der Waals surface area contributed by atoms with Gasteiger partial charge in [0.1, 0.15) is 0 Å². The lowest BCUT2D eigenvalue weighted by molar-refractivity contribution is 0.0784. The van der Waals surface area contributed by atoms with Gasteiger partial charge in [-0.2, -0.15) is 0 Å². The Bertz CT molecular complexity index is 1200. The molecule has 30 heavy (non-hydrogen) atoms. The van der Waals surface area contributed by atoms with Gasteiger partial charge in [-0.1, -0.05) is 48.5 Å². The Labute approximate surface area is 174 Å². The molecule has 2 aromatic heterocycles. The van der Waals surface area contributed by atoms with Crippen molar-refractivity contribution in [1.82, 2.24) is 14.9 Å². The average Bonchev–Trinajstić information content (AvgIpc) is 2.79. The van der Waals surface area contributed by atoms with Gasteiger partial charge < -0.3 is 10.2 Å². The van der Waals surface area contributed by atoms with Gasteiger partial charge in [-0.15, -0.1) is 0 Å². The van der Waals surface area contributed by atoms with Gasteiger partial charge in [-0.25, -0.2) is 0 Å². The van der Waals surface area contributed by atoms with E-state index in [1.807, 2.05) is 54.6 Å². The molecule has 0 radical (unpaired) electrons. The molecule has 148 valence electrons. The van der Waals surface area contributed by atoms with Crippen LogP contribution in [0.3, 0.4) is 0 Å². The molecule has 4 aromatic rings. The Kier molecular flexibility index (Phi) is 5.48. The molecule has 0 atom stereocenters. The van der Waals surface area contributed by atoms with E-state index < -0.39 is 0 Å². The molecule has 2 amide bonds. The molecule has 0 aliphatic carbocycles. The minimum Gasteiger partial charge on any atom is -0.337 e. The highest BCUT2D eigenvalue weighted by Crippen LogP contribution is 2.21. The zero-order valence-electron chi connectivity index (χ0n) is 16.4. The summed E-state index contributed by atoms with van der Waals surface area (Å²) in [6, 6.07) is 20.6. The molecule has 0 aliphatic rings. The number of para-hydroxylation sites is 1. The van der Waals surface area contributed by atoms with Crippen molar-refractivity contribution in [1.29, 1.82) is 0 Å². The van der Waals surface area contributed by atoms with Crippen LogP contribution < -0.4 is 5.32 Å². The van der Waals surface area contributed by atoms with Crippen LogP contribution in [-0.4, -0.2) is 33.7 Å². The van der Waals surface area contributed by atoms with Crippen LogP contribution in [0.2, 0.25) is 0 Å². The molecular weight excluding hydrogens is 376 g/mol. The number of nitrogens with one attached hydrogen (secondary N) is 1. The van der Waals surface area contributed by atoms with Gasteiger partial charge in [0.25, 0.3) is 11.8 Å². The number of amides is 2. The number of benzene rings is 2. The van der Waals surface area contributed by atoms with Crippen molar-refractivity contribution in [3.8, 4) is 0 Å². The van der Waals surface area contributed by atoms with Gasteiger partial charge in [0.15, 0.2) is 0 Å². The molecule has 0 unspecified atom stereocenters. The number of carbonyl (C=O) groups excluding carboxylic acids is 2. The number of nitrogens with zero attached hydrogens (tertiary/aromatic N) is 3. The first-order valence-corrected chi connectivity index (χ1v) is 9.51. The summed E-state index contributed by atoms with van der Waals surface area (Å²) in [4.78, 5) is 35.6. The van der Waals surface area contributed by atoms with Crippen molar-refractivity contribution in [2.24, 2.45) is 0 Å². The number of hydrogen-bond acceptors (Lipinski definition) is 4. The number of fused-ring (bicyclic) bond motifs is 1. The molecule has 6 nitrogen and oxygen atoms in total. The molecule has 2 aromatic carbocycles. The fourth-order valence-electron chi connectivity index (χ4n) is 3.23. The van der Waals surface area contributed by atoms with Crippen LogP contribution >= 0.6 is 0 Å². The summed E-state index contributed by atoms with van der Waals surface area (Å²) in [6.45, 7) is 0.470. The van der Waals surface area contributed by atoms with Gasteiger partial charge in [-0.3, -0.25) is 19.6 Å². The molecule has 6 heteroatoms. The maximum Gasteiger partial charge on any atom is 0.257 e. The fraction of sp³-hybridized carbons (Fsp3) is 0.0833. The topological polar surface area (TPSA) is 75.2 Å². The largest absolute Gasteiger partial charge is 0.337 e. The first kappa shape index (κ1) is 19.3. The van der Waals surface area contributed by atoms with Crippen molar-refractivity contribution < 1.29 is 9.59 Å². The third-order valence-electron chi connectivity index (χ3n) is 4.74. The summed E-state index contributed by atoms with van der Waals surface area (Å²) in [7, 11) is 1.73. The summed E-state index contributed by atoms with van der Waals surface area (Å²) in [5.41, 5.74) is 3.00. The quantitative estimate of drug-likeness (QED) is 0.550. The standard InChI is InChI=1S/C24H20N4O2/c1-28(16-17-7-3-2-4-8-17)24(30)20-13-19(14-25-15-20)23(29)27-21-11-5-9-18-10-6-12-26-22(18)21/h2-15H,16H2,1H3,(H,27,29). The molecule has 0 aliphatic heterocycles. The molecule has 0 saturated carbocycles. The van der Waals surface area contributed by atoms with Crippen LogP contribution in [-0.2, 0) is 6.54 Å². The average molecular weight is 396 g/mol. The first-order chi connectivity index (χ1) is 14.6. The highest BCUT2D eigenvalue weighted by Gasteiger charge is 2.16. The predicted octanol–water partition coefficient (Wildman–Crippen LogP) is 4.15. The maximum atomic E-state index is 12.8. The van der Waals surface area contributed by atoms with E-state index in [2.05, 4.69) is 15.3 Å². The van der Waals surface area contributed by atoms with Crippen molar-refractivity contribution in [2.45, 2.75) is 6.54 Å². The number of aromatic nitrogens is 2. The Morgan fingerprint density at radius 1 is 0.933 bits per heavy atom. The molecule has 0 saturated heterocycles. The second kappa shape index (κ2) is 8.53. The van der Waals surface area contributed by atoms with Crippen molar-refractivity contribution in [3.63, 3.8) is 0 Å². The van der Waals surface area contributed by atoms with Gasteiger partial charge in [0.05, 0.1) is 22.3 Å². The third kappa shape index (κ3) is 4.17. The second-order valence-corrected chi connectivity index (χ2v) is 6.94. The zero-order valence-corrected chi connectivity index (χ0v) is 16.4. The van der Waals surface area contributed by atoms with Crippen LogP contribution in [0.15, 0.2) is 85.3 Å². The Morgan fingerprint density at radius 3 is 2.53 bits per heavy atom. The lowest BCUT2D eigenvalue weighted by atomic mass is 10.1. The normalized spacial score (nSPS) is 10.6. The van der Waals surface area contributed by atoms with E-state index in [1.165, 1.54) is 12.4 Å². The van der Waals surface area contributed by atoms with Crippen LogP contribution in [0, 0.1) is 0 Å². The molecular formula is C24H20N4O2. The van der Waals surface area contributed by atoms with Crippen LogP contribution in [0.5, 0.6) is 0 Å². The molecule has 4 rings (SSSR count). The number of rotatable bonds is 5. The number of carbonyl (C=O) groups is 2. The monoisotopic (exact) mass is 396 g/mol. The minimum absolute atomic E-state index is 0.201. The van der Waals surface area contributed by atoms with Gasteiger partial charge in [-0.05, 0) is 23.8 Å². The summed E-state index contributed by atoms with van der Waals surface area (Å²) in [5.74, 6) is -0.547. The maximum absolute atomic E-state index is 12.8. The lowest BCUT2D eigenvalue weighted by Crippen LogP contribution is -2.26. The predicted molar refractivity (Wildman–Crippen MR) is 116 cm³/mol. The highest BCUT2D eigenvalue weighted by molar-refractivity contribution is 6.09. The molecule has 1 N–H and O–H groups in total. The number of pyridine rings is 2. The second-order valence-electron chi connectivity index (χ2n) is 6.94. The van der Waals surface area contributed by atoms with Gasteiger partial charge in [0.2, 0.25) is 0 Å². The summed E-state index contributed by atoms with van der Waals surface area (Å²) < 4.78 is 0. The van der Waals surface area contributed by atoms with E-state index in [-0.39, 0.29) is 11.8 Å². The molecule has 0 spiro atoms. The van der Waals surface area contributed by atoms with Crippen LogP contribution in [0.25, 0.3) is 10.9 Å². The van der Waals surface area contributed by atoms with Crippen LogP contribution in [0.4, 0.5) is 5.69 Å². The third-order valence-corrected chi connectivity index (χ3v) is 4.74. The molecule has 0 bridgehead atoms. The van der Waals surface area contributed by atoms with E-state index in [0.717, 1.165) is 10.9 Å². The van der Waals surface area contributed by atoms with E-state index in [0.29, 0.717) is 28.9 Å². The van der Waals surface area contributed by atoms with Gasteiger partial charge >= 0.3 is 0 Å². The zero-order chi connectivity index (χ0) is 20.9. The van der Waals surface area contributed by atoms with Crippen molar-refractivity contribution >= 4 is 28.4 Å². The van der Waals surface area contributed by atoms with Crippen molar-refractivity contribution in [2.75, 3.05) is 12.4 Å². The van der Waals surface area contributed by atoms with Gasteiger partial charge in [0, 0.05) is 37.6 Å². The SMILES string of the molecule is CN(Cc1ccccc1)C(=O)c1cncc(C(=O)Nc2cccc3cccnc23)c1. The number of anilines is 1. The van der Waals surface area contributed by atoms with E-state index in [9.17, 15) is 9.59 Å². The fourth-order valence-corrected chi connectivity index (χ4v) is 3.23. The summed E-state index contributed by atoms with van der Waals surface area (Å²) in [6.07, 6.45) is 4.60. The van der Waals surface area contributed by atoms with Crippen molar-refractivity contribution in [3.05, 3.63) is 102 Å². The summed E-state index contributed by atoms with van der Waals surface area (Å²) in [5, 5.41) is 3.80. The molecule has 0 fully saturated rings. The van der Waals surface area contributed by atoms with Crippen LogP contribution in [0.1, 0.15) is 26.3 Å². The summed E-state index contributed by atoms with van der Waals surface area (Å²) >= 11 is 0. The first-order valence-electron chi connectivity index (χ1n) is 9.51. The smallest absolute Gasteiger partial charge is 0.257 e. The Morgan fingerprint density at radius 2 is 1.70 bits per heavy atom. The van der Waals surface area contributed by atoms with E-state index in [1.54, 1.807) is 30.3 Å².